The molecule has 0 saturated carbocycles. The summed E-state index contributed by atoms with van der Waals surface area (Å²) in [6.45, 7) is 6.01. The first kappa shape index (κ1) is 14.0. The van der Waals surface area contributed by atoms with E-state index in [1.165, 1.54) is 12.1 Å². The average Bonchev–Trinajstić information content (AvgIpc) is 2.05. The van der Waals surface area contributed by atoms with Crippen LogP contribution >= 0.6 is 0 Å². The van der Waals surface area contributed by atoms with Gasteiger partial charge in [-0.05, 0) is 35.6 Å². The van der Waals surface area contributed by atoms with Gasteiger partial charge in [-0.1, -0.05) is 20.8 Å². The highest BCUT2D eigenvalue weighted by Gasteiger charge is 2.15. The molecular formula is C12H18FNO2S. The lowest BCUT2D eigenvalue weighted by Crippen LogP contribution is -2.13. The SMILES string of the molecule is CC(C)(C)Cc1cc(NS(C)(=O)=O)ccc1F. The summed E-state index contributed by atoms with van der Waals surface area (Å²) in [4.78, 5) is 0. The molecular weight excluding hydrogens is 241 g/mol. The monoisotopic (exact) mass is 259 g/mol. The van der Waals surface area contributed by atoms with Gasteiger partial charge in [0.25, 0.3) is 0 Å². The second kappa shape index (κ2) is 4.64. The van der Waals surface area contributed by atoms with E-state index in [0.717, 1.165) is 6.26 Å². The number of sulfonamides is 1. The highest BCUT2D eigenvalue weighted by atomic mass is 32.2. The lowest BCUT2D eigenvalue weighted by atomic mass is 9.88. The van der Waals surface area contributed by atoms with E-state index in [1.807, 2.05) is 20.8 Å². The third-order valence-corrected chi connectivity index (χ3v) is 2.68. The molecule has 0 aliphatic heterocycles. The Balaban J connectivity index is 3.03. The number of nitrogens with one attached hydrogen (secondary N) is 1. The second-order valence-electron chi connectivity index (χ2n) is 5.42. The van der Waals surface area contributed by atoms with Gasteiger partial charge < -0.3 is 0 Å². The van der Waals surface area contributed by atoms with E-state index in [1.54, 1.807) is 6.07 Å². The molecule has 0 amide bonds. The van der Waals surface area contributed by atoms with Crippen molar-refractivity contribution in [2.45, 2.75) is 27.2 Å². The number of rotatable bonds is 3. The number of benzene rings is 1. The van der Waals surface area contributed by atoms with Crippen LogP contribution in [0.4, 0.5) is 10.1 Å². The number of halogens is 1. The van der Waals surface area contributed by atoms with Gasteiger partial charge in [0, 0.05) is 5.69 Å². The van der Waals surface area contributed by atoms with E-state index in [4.69, 9.17) is 0 Å². The number of hydrogen-bond donors (Lipinski definition) is 1. The molecule has 0 spiro atoms. The predicted molar refractivity (Wildman–Crippen MR) is 68.0 cm³/mol. The number of anilines is 1. The van der Waals surface area contributed by atoms with Gasteiger partial charge >= 0.3 is 0 Å². The molecule has 0 aliphatic rings. The third-order valence-electron chi connectivity index (χ3n) is 2.07. The van der Waals surface area contributed by atoms with E-state index >= 15 is 0 Å². The third kappa shape index (κ3) is 5.17. The lowest BCUT2D eigenvalue weighted by Gasteiger charge is -2.19. The van der Waals surface area contributed by atoms with Crippen molar-refractivity contribution in [2.75, 3.05) is 11.0 Å². The fourth-order valence-electron chi connectivity index (χ4n) is 1.56. The Morgan fingerprint density at radius 2 is 1.88 bits per heavy atom. The molecule has 96 valence electrons. The summed E-state index contributed by atoms with van der Waals surface area (Å²) in [5.74, 6) is -0.307. The first-order chi connectivity index (χ1) is 7.57. The van der Waals surface area contributed by atoms with Gasteiger partial charge in [0.15, 0.2) is 0 Å². The maximum atomic E-state index is 13.6. The highest BCUT2D eigenvalue weighted by Crippen LogP contribution is 2.24. The van der Waals surface area contributed by atoms with Gasteiger partial charge in [-0.3, -0.25) is 4.72 Å². The standard InChI is InChI=1S/C12H18FNO2S/c1-12(2,3)8-9-7-10(5-6-11(9)13)14-17(4,15)16/h5-7,14H,8H2,1-4H3. The molecule has 0 aromatic heterocycles. The van der Waals surface area contributed by atoms with Crippen LogP contribution in [0.2, 0.25) is 0 Å². The minimum atomic E-state index is -3.32. The summed E-state index contributed by atoms with van der Waals surface area (Å²) in [7, 11) is -3.32. The quantitative estimate of drug-likeness (QED) is 0.907. The molecule has 0 atom stereocenters. The van der Waals surface area contributed by atoms with Crippen molar-refractivity contribution >= 4 is 15.7 Å². The van der Waals surface area contributed by atoms with Crippen LogP contribution in [-0.2, 0) is 16.4 Å². The zero-order valence-electron chi connectivity index (χ0n) is 10.5. The molecule has 0 saturated heterocycles. The first-order valence-electron chi connectivity index (χ1n) is 5.33. The molecule has 1 aromatic carbocycles. The van der Waals surface area contributed by atoms with Crippen LogP contribution in [0.1, 0.15) is 26.3 Å². The Hall–Kier alpha value is -1.10. The van der Waals surface area contributed by atoms with Crippen molar-refractivity contribution in [1.82, 2.24) is 0 Å². The highest BCUT2D eigenvalue weighted by molar-refractivity contribution is 7.92. The summed E-state index contributed by atoms with van der Waals surface area (Å²) in [6, 6.07) is 4.25. The van der Waals surface area contributed by atoms with Crippen LogP contribution in [0.15, 0.2) is 18.2 Å². The average molecular weight is 259 g/mol. The second-order valence-corrected chi connectivity index (χ2v) is 7.17. The molecule has 5 heteroatoms. The van der Waals surface area contributed by atoms with Crippen molar-refractivity contribution in [2.24, 2.45) is 5.41 Å². The Morgan fingerprint density at radius 1 is 1.29 bits per heavy atom. The number of hydrogen-bond acceptors (Lipinski definition) is 2. The minimum Gasteiger partial charge on any atom is -0.284 e. The molecule has 0 heterocycles. The minimum absolute atomic E-state index is 0.0510. The Bertz CT molecular complexity index is 504. The Kier molecular flexibility index (Phi) is 3.81. The van der Waals surface area contributed by atoms with E-state index in [0.29, 0.717) is 17.7 Å². The first-order valence-corrected chi connectivity index (χ1v) is 7.22. The van der Waals surface area contributed by atoms with E-state index in [-0.39, 0.29) is 11.2 Å². The molecule has 1 rings (SSSR count). The Morgan fingerprint density at radius 3 is 2.35 bits per heavy atom. The summed E-state index contributed by atoms with van der Waals surface area (Å²) >= 11 is 0. The van der Waals surface area contributed by atoms with Gasteiger partial charge in [-0.25, -0.2) is 12.8 Å². The van der Waals surface area contributed by atoms with Crippen LogP contribution in [0.3, 0.4) is 0 Å². The van der Waals surface area contributed by atoms with Crippen molar-refractivity contribution < 1.29 is 12.8 Å². The van der Waals surface area contributed by atoms with Crippen molar-refractivity contribution in [3.63, 3.8) is 0 Å². The molecule has 17 heavy (non-hydrogen) atoms. The Labute approximate surface area is 102 Å². The molecule has 1 N–H and O–H groups in total. The van der Waals surface area contributed by atoms with E-state index in [2.05, 4.69) is 4.72 Å². The molecule has 0 unspecified atom stereocenters. The van der Waals surface area contributed by atoms with Gasteiger partial charge in [0.1, 0.15) is 5.82 Å². The molecule has 0 bridgehead atoms. The summed E-state index contributed by atoms with van der Waals surface area (Å²) in [6.07, 6.45) is 1.62. The molecule has 0 fully saturated rings. The van der Waals surface area contributed by atoms with Crippen molar-refractivity contribution in [3.8, 4) is 0 Å². The van der Waals surface area contributed by atoms with Gasteiger partial charge in [0.2, 0.25) is 10.0 Å². The van der Waals surface area contributed by atoms with Crippen LogP contribution in [0.5, 0.6) is 0 Å². The lowest BCUT2D eigenvalue weighted by molar-refractivity contribution is 0.402. The molecule has 0 radical (unpaired) electrons. The summed E-state index contributed by atoms with van der Waals surface area (Å²) in [5.41, 5.74) is 0.865. The van der Waals surface area contributed by atoms with Gasteiger partial charge in [-0.15, -0.1) is 0 Å². The smallest absolute Gasteiger partial charge is 0.229 e. The fraction of sp³-hybridized carbons (Fsp3) is 0.500. The maximum Gasteiger partial charge on any atom is 0.229 e. The van der Waals surface area contributed by atoms with Crippen LogP contribution in [-0.4, -0.2) is 14.7 Å². The molecule has 0 aliphatic carbocycles. The zero-order chi connectivity index (χ0) is 13.3. The van der Waals surface area contributed by atoms with Crippen LogP contribution < -0.4 is 4.72 Å². The van der Waals surface area contributed by atoms with Gasteiger partial charge in [0.05, 0.1) is 6.26 Å². The topological polar surface area (TPSA) is 46.2 Å². The normalized spacial score (nSPS) is 12.5. The summed E-state index contributed by atoms with van der Waals surface area (Å²) < 4.78 is 38.1. The predicted octanol–water partition coefficient (Wildman–Crippen LogP) is 2.79. The van der Waals surface area contributed by atoms with Crippen LogP contribution in [0, 0.1) is 11.2 Å². The van der Waals surface area contributed by atoms with Crippen molar-refractivity contribution in [1.29, 1.82) is 0 Å². The van der Waals surface area contributed by atoms with E-state index < -0.39 is 10.0 Å². The summed E-state index contributed by atoms with van der Waals surface area (Å²) in [5, 5.41) is 0. The zero-order valence-corrected chi connectivity index (χ0v) is 11.4. The largest absolute Gasteiger partial charge is 0.284 e. The van der Waals surface area contributed by atoms with Crippen molar-refractivity contribution in [3.05, 3.63) is 29.6 Å². The fourth-order valence-corrected chi connectivity index (χ4v) is 2.11. The van der Waals surface area contributed by atoms with E-state index in [9.17, 15) is 12.8 Å². The maximum absolute atomic E-state index is 13.6. The molecule has 3 nitrogen and oxygen atoms in total. The van der Waals surface area contributed by atoms with Gasteiger partial charge in [-0.2, -0.15) is 0 Å². The van der Waals surface area contributed by atoms with Crippen LogP contribution in [0.25, 0.3) is 0 Å². The molecule has 1 aromatic rings.